The third-order valence-corrected chi connectivity index (χ3v) is 6.42. The largest absolute Gasteiger partial charge is 0.317 e. The molecule has 2 aliphatic rings. The van der Waals surface area contributed by atoms with Crippen molar-refractivity contribution in [1.82, 2.24) is 5.32 Å². The van der Waals surface area contributed by atoms with Crippen LogP contribution in [0.5, 0.6) is 0 Å². The van der Waals surface area contributed by atoms with E-state index >= 15 is 0 Å². The summed E-state index contributed by atoms with van der Waals surface area (Å²) in [5.41, 5.74) is 0. The average Bonchev–Trinajstić information content (AvgIpc) is 2.92. The monoisotopic (exact) mass is 259 g/mol. The normalized spacial score (nSPS) is 33.4. The van der Waals surface area contributed by atoms with Gasteiger partial charge in [0.2, 0.25) is 0 Å². The summed E-state index contributed by atoms with van der Waals surface area (Å²) in [4.78, 5) is 0. The summed E-state index contributed by atoms with van der Waals surface area (Å²) in [6.45, 7) is 1.73. The minimum atomic E-state index is -2.78. The Bertz CT molecular complexity index is 342. The summed E-state index contributed by atoms with van der Waals surface area (Å²) in [6.07, 6.45) is 6.03. The summed E-state index contributed by atoms with van der Waals surface area (Å²) in [5, 5.41) is 3.39. The van der Waals surface area contributed by atoms with Gasteiger partial charge in [-0.15, -0.1) is 0 Å². The molecule has 0 bridgehead atoms. The second kappa shape index (κ2) is 5.27. The van der Waals surface area contributed by atoms with Crippen molar-refractivity contribution < 1.29 is 8.42 Å². The molecule has 100 valence electrons. The van der Waals surface area contributed by atoms with E-state index < -0.39 is 9.84 Å². The Kier molecular flexibility index (Phi) is 4.14. The summed E-state index contributed by atoms with van der Waals surface area (Å²) >= 11 is 0. The van der Waals surface area contributed by atoms with E-state index in [9.17, 15) is 8.42 Å². The van der Waals surface area contributed by atoms with E-state index in [1.54, 1.807) is 6.92 Å². The Hall–Kier alpha value is -0.0900. The van der Waals surface area contributed by atoms with Gasteiger partial charge in [0.25, 0.3) is 0 Å². The molecule has 0 spiro atoms. The smallest absolute Gasteiger partial charge is 0.150 e. The Morgan fingerprint density at radius 1 is 1.24 bits per heavy atom. The van der Waals surface area contributed by atoms with Crippen molar-refractivity contribution in [2.75, 3.05) is 18.6 Å². The number of fused-ring (bicyclic) bond motifs is 1. The lowest BCUT2D eigenvalue weighted by molar-refractivity contribution is 0.332. The van der Waals surface area contributed by atoms with Gasteiger partial charge in [0, 0.05) is 11.8 Å². The quantitative estimate of drug-likeness (QED) is 0.759. The first-order valence-corrected chi connectivity index (χ1v) is 8.75. The molecule has 3 unspecified atom stereocenters. The van der Waals surface area contributed by atoms with Crippen molar-refractivity contribution >= 4 is 9.84 Å². The second-order valence-electron chi connectivity index (χ2n) is 5.76. The molecule has 0 amide bonds. The van der Waals surface area contributed by atoms with Gasteiger partial charge < -0.3 is 5.32 Å². The number of rotatable bonds is 7. The van der Waals surface area contributed by atoms with Gasteiger partial charge >= 0.3 is 0 Å². The van der Waals surface area contributed by atoms with Crippen LogP contribution in [0.25, 0.3) is 0 Å². The predicted octanol–water partition coefficient (Wildman–Crippen LogP) is 1.84. The zero-order chi connectivity index (χ0) is 12.5. The van der Waals surface area contributed by atoms with Gasteiger partial charge in [-0.25, -0.2) is 8.42 Å². The van der Waals surface area contributed by atoms with Crippen molar-refractivity contribution in [2.45, 2.75) is 45.1 Å². The molecule has 0 aromatic heterocycles. The SMILES string of the molecule is CCS(=O)(=O)CCCC(NC)C1CC2CC2C1. The average molecular weight is 259 g/mol. The van der Waals surface area contributed by atoms with Crippen molar-refractivity contribution in [3.05, 3.63) is 0 Å². The second-order valence-corrected chi connectivity index (χ2v) is 8.23. The molecule has 3 nitrogen and oxygen atoms in total. The first-order valence-electron chi connectivity index (χ1n) is 6.93. The molecule has 3 atom stereocenters. The molecule has 4 heteroatoms. The van der Waals surface area contributed by atoms with Crippen LogP contribution in [0.15, 0.2) is 0 Å². The highest BCUT2D eigenvalue weighted by Crippen LogP contribution is 2.55. The van der Waals surface area contributed by atoms with E-state index in [2.05, 4.69) is 5.32 Å². The van der Waals surface area contributed by atoms with Crippen LogP contribution in [0.4, 0.5) is 0 Å². The van der Waals surface area contributed by atoms with Crippen molar-refractivity contribution in [2.24, 2.45) is 17.8 Å². The zero-order valence-corrected chi connectivity index (χ0v) is 11.8. The highest BCUT2D eigenvalue weighted by Gasteiger charge is 2.47. The minimum absolute atomic E-state index is 0.283. The van der Waals surface area contributed by atoms with Crippen LogP contribution in [0.3, 0.4) is 0 Å². The molecular formula is C13H25NO2S. The zero-order valence-electron chi connectivity index (χ0n) is 11.0. The fourth-order valence-corrected chi connectivity index (χ4v) is 4.27. The van der Waals surface area contributed by atoms with Gasteiger partial charge in [-0.1, -0.05) is 6.92 Å². The van der Waals surface area contributed by atoms with Gasteiger partial charge in [0.1, 0.15) is 9.84 Å². The molecule has 0 radical (unpaired) electrons. The molecule has 2 aliphatic carbocycles. The summed E-state index contributed by atoms with van der Waals surface area (Å²) in [6, 6.07) is 0.537. The standard InChI is InChI=1S/C13H25NO2S/c1-3-17(15,16)6-4-5-13(14-2)12-8-10-7-11(10)9-12/h10-14H,3-9H2,1-2H3. The molecule has 0 aliphatic heterocycles. The summed E-state index contributed by atoms with van der Waals surface area (Å²) in [5.74, 6) is 3.46. The third-order valence-electron chi connectivity index (χ3n) is 4.63. The van der Waals surface area contributed by atoms with E-state index in [0.29, 0.717) is 11.8 Å². The highest BCUT2D eigenvalue weighted by atomic mass is 32.2. The van der Waals surface area contributed by atoms with Crippen LogP contribution in [0.2, 0.25) is 0 Å². The number of hydrogen-bond acceptors (Lipinski definition) is 3. The Morgan fingerprint density at radius 3 is 2.41 bits per heavy atom. The number of hydrogen-bond donors (Lipinski definition) is 1. The lowest BCUT2D eigenvalue weighted by atomic mass is 9.91. The van der Waals surface area contributed by atoms with Crippen LogP contribution in [-0.4, -0.2) is 33.0 Å². The van der Waals surface area contributed by atoms with Crippen LogP contribution < -0.4 is 5.32 Å². The van der Waals surface area contributed by atoms with Crippen LogP contribution in [0.1, 0.15) is 39.0 Å². The highest BCUT2D eigenvalue weighted by molar-refractivity contribution is 7.91. The number of sulfone groups is 1. The predicted molar refractivity (Wildman–Crippen MR) is 70.7 cm³/mol. The molecule has 1 N–H and O–H groups in total. The van der Waals surface area contributed by atoms with Crippen molar-refractivity contribution in [3.8, 4) is 0 Å². The van der Waals surface area contributed by atoms with Gasteiger partial charge in [-0.3, -0.25) is 0 Å². The van der Waals surface area contributed by atoms with Crippen molar-refractivity contribution in [1.29, 1.82) is 0 Å². The summed E-state index contributed by atoms with van der Waals surface area (Å²) < 4.78 is 22.9. The fraction of sp³-hybridized carbons (Fsp3) is 1.00. The Balaban J connectivity index is 1.72. The van der Waals surface area contributed by atoms with E-state index in [1.165, 1.54) is 19.3 Å². The van der Waals surface area contributed by atoms with Gasteiger partial charge in [-0.2, -0.15) is 0 Å². The molecule has 2 fully saturated rings. The van der Waals surface area contributed by atoms with Gasteiger partial charge in [0.15, 0.2) is 0 Å². The topological polar surface area (TPSA) is 46.2 Å². The molecule has 0 aromatic carbocycles. The van der Waals surface area contributed by atoms with Crippen LogP contribution >= 0.6 is 0 Å². The van der Waals surface area contributed by atoms with Crippen molar-refractivity contribution in [3.63, 3.8) is 0 Å². The molecule has 0 aromatic rings. The van der Waals surface area contributed by atoms with E-state index in [0.717, 1.165) is 30.6 Å². The number of nitrogens with one attached hydrogen (secondary N) is 1. The first kappa shape index (κ1) is 13.3. The first-order chi connectivity index (χ1) is 8.05. The molecular weight excluding hydrogens is 234 g/mol. The lowest BCUT2D eigenvalue weighted by Crippen LogP contribution is -2.33. The summed E-state index contributed by atoms with van der Waals surface area (Å²) in [7, 11) is -0.760. The Morgan fingerprint density at radius 2 is 1.88 bits per heavy atom. The molecule has 17 heavy (non-hydrogen) atoms. The molecule has 0 saturated heterocycles. The maximum Gasteiger partial charge on any atom is 0.150 e. The van der Waals surface area contributed by atoms with E-state index in [-0.39, 0.29) is 5.75 Å². The molecule has 2 rings (SSSR count). The minimum Gasteiger partial charge on any atom is -0.317 e. The molecule has 2 saturated carbocycles. The fourth-order valence-electron chi connectivity index (χ4n) is 3.37. The van der Waals surface area contributed by atoms with Crippen LogP contribution in [0, 0.1) is 17.8 Å². The maximum atomic E-state index is 11.4. The third kappa shape index (κ3) is 3.44. The van der Waals surface area contributed by atoms with Gasteiger partial charge in [-0.05, 0) is 56.9 Å². The maximum absolute atomic E-state index is 11.4. The van der Waals surface area contributed by atoms with Crippen LogP contribution in [-0.2, 0) is 9.84 Å². The van der Waals surface area contributed by atoms with Gasteiger partial charge in [0.05, 0.1) is 5.75 Å². The lowest BCUT2D eigenvalue weighted by Gasteiger charge is -2.24. The van der Waals surface area contributed by atoms with E-state index in [4.69, 9.17) is 0 Å². The van der Waals surface area contributed by atoms with E-state index in [1.807, 2.05) is 7.05 Å². The molecule has 0 heterocycles. The Labute approximate surface area is 105 Å².